The van der Waals surface area contributed by atoms with Crippen LogP contribution in [-0.4, -0.2) is 24.0 Å². The topological polar surface area (TPSA) is 62.7 Å². The number of hydrogen-bond acceptors (Lipinski definition) is 5. The molecule has 0 amide bonds. The Hall–Kier alpha value is -3.31. The predicted molar refractivity (Wildman–Crippen MR) is 105 cm³/mol. The molecule has 0 saturated carbocycles. The maximum absolute atomic E-state index is 12.3. The first-order valence-corrected chi connectivity index (χ1v) is 9.29. The number of aromatic nitrogens is 1. The maximum atomic E-state index is 12.3. The van der Waals surface area contributed by atoms with Crippen molar-refractivity contribution in [2.75, 3.05) is 6.54 Å². The molecule has 5 nitrogen and oxygen atoms in total. The zero-order valence-electron chi connectivity index (χ0n) is 14.9. The molecule has 0 bridgehead atoms. The standard InChI is InChI=1S/C20H16F2N4OS/c1-2-24-20-26(25-12-15-5-3-14(11-23)4-6-15)18(13-28-20)16-7-9-17(10-8-16)27-19(21)22/h3-10,12-13,19H,2H2,1H3/b24-20?,25-12+. The third-order valence-electron chi connectivity index (χ3n) is 3.72. The van der Waals surface area contributed by atoms with E-state index in [0.717, 1.165) is 21.6 Å². The summed E-state index contributed by atoms with van der Waals surface area (Å²) >= 11 is 1.44. The molecule has 0 N–H and O–H groups in total. The van der Waals surface area contributed by atoms with Crippen LogP contribution in [0.2, 0.25) is 0 Å². The van der Waals surface area contributed by atoms with Gasteiger partial charge in [-0.15, -0.1) is 11.3 Å². The van der Waals surface area contributed by atoms with Crippen LogP contribution in [0.3, 0.4) is 0 Å². The van der Waals surface area contributed by atoms with Crippen molar-refractivity contribution in [2.45, 2.75) is 13.5 Å². The van der Waals surface area contributed by atoms with E-state index in [-0.39, 0.29) is 5.75 Å². The first-order valence-electron chi connectivity index (χ1n) is 8.41. The highest BCUT2D eigenvalue weighted by Crippen LogP contribution is 2.24. The van der Waals surface area contributed by atoms with Gasteiger partial charge in [0.05, 0.1) is 23.5 Å². The predicted octanol–water partition coefficient (Wildman–Crippen LogP) is 4.49. The highest BCUT2D eigenvalue weighted by Gasteiger charge is 2.09. The second-order valence-corrected chi connectivity index (χ2v) is 6.41. The molecule has 3 rings (SSSR count). The Morgan fingerprint density at radius 2 is 1.89 bits per heavy atom. The van der Waals surface area contributed by atoms with Gasteiger partial charge in [0.15, 0.2) is 0 Å². The van der Waals surface area contributed by atoms with Crippen LogP contribution in [0.1, 0.15) is 18.1 Å². The number of ether oxygens (including phenoxy) is 1. The van der Waals surface area contributed by atoms with Gasteiger partial charge in [0, 0.05) is 17.5 Å². The largest absolute Gasteiger partial charge is 0.435 e. The normalized spacial score (nSPS) is 11.9. The molecule has 28 heavy (non-hydrogen) atoms. The number of halogens is 2. The summed E-state index contributed by atoms with van der Waals surface area (Å²) in [4.78, 5) is 5.17. The van der Waals surface area contributed by atoms with Crippen LogP contribution < -0.4 is 9.54 Å². The summed E-state index contributed by atoms with van der Waals surface area (Å²) in [6.45, 7) is -0.318. The van der Waals surface area contributed by atoms with E-state index >= 15 is 0 Å². The summed E-state index contributed by atoms with van der Waals surface area (Å²) in [6, 6.07) is 15.5. The van der Waals surface area contributed by atoms with Gasteiger partial charge in [-0.3, -0.25) is 4.99 Å². The zero-order chi connectivity index (χ0) is 19.9. The molecule has 2 aromatic carbocycles. The van der Waals surface area contributed by atoms with Crippen molar-refractivity contribution < 1.29 is 13.5 Å². The number of nitrogens with zero attached hydrogens (tertiary/aromatic N) is 4. The van der Waals surface area contributed by atoms with E-state index in [1.54, 1.807) is 35.2 Å². The molecule has 8 heteroatoms. The minimum Gasteiger partial charge on any atom is -0.435 e. The Labute approximate surface area is 164 Å². The second kappa shape index (κ2) is 9.06. The van der Waals surface area contributed by atoms with Gasteiger partial charge in [-0.1, -0.05) is 12.1 Å². The number of rotatable bonds is 6. The summed E-state index contributed by atoms with van der Waals surface area (Å²) in [6.07, 6.45) is 1.68. The number of thiazole rings is 1. The van der Waals surface area contributed by atoms with Crippen molar-refractivity contribution in [3.05, 3.63) is 69.8 Å². The van der Waals surface area contributed by atoms with Crippen LogP contribution in [-0.2, 0) is 0 Å². The van der Waals surface area contributed by atoms with E-state index < -0.39 is 6.61 Å². The van der Waals surface area contributed by atoms with E-state index in [1.165, 1.54) is 23.5 Å². The summed E-state index contributed by atoms with van der Waals surface area (Å²) < 4.78 is 30.8. The molecule has 0 aliphatic carbocycles. The van der Waals surface area contributed by atoms with Crippen molar-refractivity contribution in [2.24, 2.45) is 10.1 Å². The molecule has 1 aromatic heterocycles. The summed E-state index contributed by atoms with van der Waals surface area (Å²) in [7, 11) is 0. The molecule has 0 unspecified atom stereocenters. The molecular weight excluding hydrogens is 382 g/mol. The van der Waals surface area contributed by atoms with Gasteiger partial charge in [0.2, 0.25) is 4.80 Å². The molecular formula is C20H16F2N4OS. The lowest BCUT2D eigenvalue weighted by Gasteiger charge is -2.06. The molecule has 0 saturated heterocycles. The Morgan fingerprint density at radius 1 is 1.18 bits per heavy atom. The maximum Gasteiger partial charge on any atom is 0.387 e. The number of nitriles is 1. The van der Waals surface area contributed by atoms with Crippen molar-refractivity contribution in [1.82, 2.24) is 4.68 Å². The molecule has 0 spiro atoms. The number of alkyl halides is 2. The quantitative estimate of drug-likeness (QED) is 0.574. The summed E-state index contributed by atoms with van der Waals surface area (Å²) in [5.74, 6) is 0.0973. The highest BCUT2D eigenvalue weighted by molar-refractivity contribution is 7.07. The lowest BCUT2D eigenvalue weighted by atomic mass is 10.1. The monoisotopic (exact) mass is 398 g/mol. The number of benzene rings is 2. The Bertz CT molecular complexity index is 1060. The molecule has 142 valence electrons. The van der Waals surface area contributed by atoms with E-state index in [1.807, 2.05) is 24.4 Å². The van der Waals surface area contributed by atoms with Crippen LogP contribution in [0.25, 0.3) is 11.3 Å². The third kappa shape index (κ3) is 4.69. The molecule has 3 aromatic rings. The fourth-order valence-electron chi connectivity index (χ4n) is 2.43. The minimum absolute atomic E-state index is 0.0973. The second-order valence-electron chi connectivity index (χ2n) is 5.57. The molecule has 1 heterocycles. The van der Waals surface area contributed by atoms with Crippen LogP contribution in [0.5, 0.6) is 5.75 Å². The fraction of sp³-hybridized carbons (Fsp3) is 0.150. The Balaban J connectivity index is 1.95. The van der Waals surface area contributed by atoms with Gasteiger partial charge in [0.1, 0.15) is 5.75 Å². The van der Waals surface area contributed by atoms with Gasteiger partial charge < -0.3 is 4.74 Å². The van der Waals surface area contributed by atoms with Crippen LogP contribution >= 0.6 is 11.3 Å². The lowest BCUT2D eigenvalue weighted by molar-refractivity contribution is -0.0498. The highest BCUT2D eigenvalue weighted by atomic mass is 32.1. The van der Waals surface area contributed by atoms with Crippen molar-refractivity contribution in [3.8, 4) is 23.1 Å². The van der Waals surface area contributed by atoms with Crippen molar-refractivity contribution in [3.63, 3.8) is 0 Å². The average Bonchev–Trinajstić information content (AvgIpc) is 3.10. The average molecular weight is 398 g/mol. The third-order valence-corrected chi connectivity index (χ3v) is 4.57. The SMILES string of the molecule is CCN=c1scc(-c2ccc(OC(F)F)cc2)n1/N=C/c1ccc(C#N)cc1. The molecule has 0 radical (unpaired) electrons. The lowest BCUT2D eigenvalue weighted by Crippen LogP contribution is -2.12. The Morgan fingerprint density at radius 3 is 2.50 bits per heavy atom. The molecule has 0 aliphatic rings. The first-order chi connectivity index (χ1) is 13.6. The van der Waals surface area contributed by atoms with Crippen LogP contribution in [0.15, 0.2) is 64.0 Å². The van der Waals surface area contributed by atoms with E-state index in [9.17, 15) is 8.78 Å². The van der Waals surface area contributed by atoms with Crippen molar-refractivity contribution >= 4 is 17.6 Å². The number of hydrogen-bond donors (Lipinski definition) is 0. The Kier molecular flexibility index (Phi) is 6.29. The fourth-order valence-corrected chi connectivity index (χ4v) is 3.33. The summed E-state index contributed by atoms with van der Waals surface area (Å²) in [5.41, 5.74) is 3.00. The first kappa shape index (κ1) is 19.5. The van der Waals surface area contributed by atoms with Gasteiger partial charge >= 0.3 is 6.61 Å². The van der Waals surface area contributed by atoms with E-state index in [2.05, 4.69) is 20.9 Å². The summed E-state index contributed by atoms with van der Waals surface area (Å²) in [5, 5.41) is 15.3. The molecule has 0 fully saturated rings. The van der Waals surface area contributed by atoms with Crippen LogP contribution in [0.4, 0.5) is 8.78 Å². The van der Waals surface area contributed by atoms with Gasteiger partial charge in [-0.25, -0.2) is 4.68 Å². The van der Waals surface area contributed by atoms with E-state index in [0.29, 0.717) is 12.1 Å². The minimum atomic E-state index is -2.86. The van der Waals surface area contributed by atoms with Gasteiger partial charge in [0.25, 0.3) is 0 Å². The van der Waals surface area contributed by atoms with Crippen molar-refractivity contribution in [1.29, 1.82) is 5.26 Å². The van der Waals surface area contributed by atoms with Gasteiger partial charge in [-0.2, -0.15) is 19.1 Å². The smallest absolute Gasteiger partial charge is 0.387 e. The van der Waals surface area contributed by atoms with E-state index in [4.69, 9.17) is 5.26 Å². The van der Waals surface area contributed by atoms with Gasteiger partial charge in [-0.05, 0) is 48.9 Å². The van der Waals surface area contributed by atoms with Crippen LogP contribution in [0, 0.1) is 11.3 Å². The zero-order valence-corrected chi connectivity index (χ0v) is 15.7. The molecule has 0 aliphatic heterocycles. The molecule has 0 atom stereocenters.